The van der Waals surface area contributed by atoms with Gasteiger partial charge in [-0.2, -0.15) is 0 Å². The Morgan fingerprint density at radius 2 is 1.77 bits per heavy atom. The summed E-state index contributed by atoms with van der Waals surface area (Å²) in [5.74, 6) is 2.60. The number of methoxy groups -OCH3 is 1. The first kappa shape index (κ1) is 19.1. The Morgan fingerprint density at radius 1 is 0.933 bits per heavy atom. The van der Waals surface area contributed by atoms with Crippen molar-refractivity contribution in [1.29, 1.82) is 0 Å². The van der Waals surface area contributed by atoms with Crippen LogP contribution in [0.25, 0.3) is 11.0 Å². The van der Waals surface area contributed by atoms with E-state index in [4.69, 9.17) is 14.2 Å². The van der Waals surface area contributed by atoms with Gasteiger partial charge in [-0.25, -0.2) is 4.98 Å². The zero-order valence-electron chi connectivity index (χ0n) is 17.4. The highest BCUT2D eigenvalue weighted by atomic mass is 16.6. The number of aromatic nitrogens is 2. The minimum atomic E-state index is 0.628. The molecular weight excluding hydrogens is 380 g/mol. The van der Waals surface area contributed by atoms with Gasteiger partial charge >= 0.3 is 0 Å². The molecule has 3 heterocycles. The zero-order chi connectivity index (χ0) is 20.3. The minimum absolute atomic E-state index is 0.628. The van der Waals surface area contributed by atoms with Gasteiger partial charge in [0.15, 0.2) is 11.5 Å². The van der Waals surface area contributed by atoms with Crippen molar-refractivity contribution in [3.8, 4) is 17.2 Å². The number of aryl methyl sites for hydroxylation is 1. The molecule has 0 atom stereocenters. The van der Waals surface area contributed by atoms with Gasteiger partial charge in [-0.1, -0.05) is 0 Å². The van der Waals surface area contributed by atoms with Gasteiger partial charge in [0.05, 0.1) is 24.5 Å². The number of nitrogens with zero attached hydrogens (tertiary/aromatic N) is 4. The number of rotatable bonds is 6. The van der Waals surface area contributed by atoms with Gasteiger partial charge < -0.3 is 23.7 Å². The lowest BCUT2D eigenvalue weighted by Gasteiger charge is -2.36. The van der Waals surface area contributed by atoms with Crippen molar-refractivity contribution < 1.29 is 14.2 Å². The van der Waals surface area contributed by atoms with Gasteiger partial charge in [0, 0.05) is 50.5 Å². The molecule has 0 spiro atoms. The molecule has 0 N–H and O–H groups in total. The molecule has 0 bridgehead atoms. The third-order valence-corrected chi connectivity index (χ3v) is 5.96. The van der Waals surface area contributed by atoms with Crippen LogP contribution >= 0.6 is 0 Å². The molecule has 0 amide bonds. The smallest absolute Gasteiger partial charge is 0.163 e. The number of imidazole rings is 1. The summed E-state index contributed by atoms with van der Waals surface area (Å²) in [6, 6.07) is 12.3. The van der Waals surface area contributed by atoms with Crippen molar-refractivity contribution in [1.82, 2.24) is 14.5 Å². The Kier molecular flexibility index (Phi) is 5.36. The van der Waals surface area contributed by atoms with Gasteiger partial charge in [0.1, 0.15) is 19.0 Å². The summed E-state index contributed by atoms with van der Waals surface area (Å²) < 4.78 is 18.9. The minimum Gasteiger partial charge on any atom is -0.497 e. The van der Waals surface area contributed by atoms with Gasteiger partial charge in [0.2, 0.25) is 0 Å². The van der Waals surface area contributed by atoms with E-state index in [1.54, 1.807) is 7.11 Å². The highest BCUT2D eigenvalue weighted by Crippen LogP contribution is 2.34. The highest BCUT2D eigenvalue weighted by Gasteiger charge is 2.19. The molecule has 1 saturated heterocycles. The maximum atomic E-state index is 5.73. The van der Waals surface area contributed by atoms with Crippen LogP contribution in [0.1, 0.15) is 6.42 Å². The Labute approximate surface area is 176 Å². The molecule has 1 aromatic heterocycles. The third-order valence-electron chi connectivity index (χ3n) is 5.96. The van der Waals surface area contributed by atoms with Crippen LogP contribution in [0.3, 0.4) is 0 Å². The second-order valence-corrected chi connectivity index (χ2v) is 7.80. The summed E-state index contributed by atoms with van der Waals surface area (Å²) in [5, 5.41) is 0. The predicted octanol–water partition coefficient (Wildman–Crippen LogP) is 3.03. The van der Waals surface area contributed by atoms with Crippen molar-refractivity contribution in [3.05, 3.63) is 42.7 Å². The fraction of sp³-hybridized carbons (Fsp3) is 0.435. The molecular formula is C23H28N4O3. The summed E-state index contributed by atoms with van der Waals surface area (Å²) >= 11 is 0. The lowest BCUT2D eigenvalue weighted by Crippen LogP contribution is -2.46. The number of hydrogen-bond donors (Lipinski definition) is 0. The first-order chi connectivity index (χ1) is 14.8. The van der Waals surface area contributed by atoms with E-state index < -0.39 is 0 Å². The number of ether oxygens (including phenoxy) is 3. The fourth-order valence-corrected chi connectivity index (χ4v) is 4.26. The van der Waals surface area contributed by atoms with Crippen molar-refractivity contribution in [2.24, 2.45) is 0 Å². The first-order valence-electron chi connectivity index (χ1n) is 10.7. The second-order valence-electron chi connectivity index (χ2n) is 7.80. The van der Waals surface area contributed by atoms with Crippen molar-refractivity contribution >= 4 is 16.7 Å². The van der Waals surface area contributed by atoms with Crippen molar-refractivity contribution in [2.75, 3.05) is 57.9 Å². The average molecular weight is 409 g/mol. The van der Waals surface area contributed by atoms with E-state index in [2.05, 4.69) is 37.5 Å². The van der Waals surface area contributed by atoms with Gasteiger partial charge in [-0.05, 0) is 37.2 Å². The molecule has 2 aromatic carbocycles. The lowest BCUT2D eigenvalue weighted by molar-refractivity contribution is 0.171. The zero-order valence-corrected chi connectivity index (χ0v) is 17.4. The van der Waals surface area contributed by atoms with E-state index >= 15 is 0 Å². The Hall–Kier alpha value is -2.93. The van der Waals surface area contributed by atoms with Crippen LogP contribution in [-0.4, -0.2) is 67.5 Å². The van der Waals surface area contributed by atoms with E-state index in [1.807, 2.05) is 24.5 Å². The first-order valence-corrected chi connectivity index (χ1v) is 10.7. The molecule has 0 unspecified atom stereocenters. The Balaban J connectivity index is 1.13. The number of hydrogen-bond acceptors (Lipinski definition) is 6. The standard InChI is InChI=1S/C23H28N4O3/c1-28-19-4-5-20-21(16-19)27(17-24-20)8-2-7-25-9-11-26(12-10-25)18-3-6-22-23(15-18)30-14-13-29-22/h3-6,15-17H,2,7-14H2,1H3. The monoisotopic (exact) mass is 408 g/mol. The van der Waals surface area contributed by atoms with E-state index in [0.29, 0.717) is 13.2 Å². The summed E-state index contributed by atoms with van der Waals surface area (Å²) in [6.07, 6.45) is 3.04. The van der Waals surface area contributed by atoms with Crippen LogP contribution in [0.4, 0.5) is 5.69 Å². The molecule has 2 aliphatic heterocycles. The molecule has 7 nitrogen and oxygen atoms in total. The van der Waals surface area contributed by atoms with Crippen molar-refractivity contribution in [3.63, 3.8) is 0 Å². The second kappa shape index (κ2) is 8.44. The summed E-state index contributed by atoms with van der Waals surface area (Å²) in [4.78, 5) is 9.49. The van der Waals surface area contributed by atoms with Crippen LogP contribution in [0.2, 0.25) is 0 Å². The molecule has 0 saturated carbocycles. The van der Waals surface area contributed by atoms with E-state index in [-0.39, 0.29) is 0 Å². The van der Waals surface area contributed by atoms with Gasteiger partial charge in [-0.3, -0.25) is 4.90 Å². The Morgan fingerprint density at radius 3 is 2.60 bits per heavy atom. The van der Waals surface area contributed by atoms with Gasteiger partial charge in [-0.15, -0.1) is 0 Å². The molecule has 30 heavy (non-hydrogen) atoms. The van der Waals surface area contributed by atoms with Gasteiger partial charge in [0.25, 0.3) is 0 Å². The maximum Gasteiger partial charge on any atom is 0.163 e. The van der Waals surface area contributed by atoms with Crippen LogP contribution in [0.15, 0.2) is 42.7 Å². The average Bonchev–Trinajstić information content (AvgIpc) is 3.21. The molecule has 5 rings (SSSR count). The van der Waals surface area contributed by atoms with E-state index in [0.717, 1.165) is 74.0 Å². The molecule has 1 fully saturated rings. The summed E-state index contributed by atoms with van der Waals surface area (Å²) in [7, 11) is 1.70. The largest absolute Gasteiger partial charge is 0.497 e. The molecule has 3 aromatic rings. The lowest BCUT2D eigenvalue weighted by atomic mass is 10.2. The number of fused-ring (bicyclic) bond motifs is 2. The predicted molar refractivity (Wildman–Crippen MR) is 117 cm³/mol. The molecule has 2 aliphatic rings. The van der Waals surface area contributed by atoms with Crippen LogP contribution in [0.5, 0.6) is 17.2 Å². The number of anilines is 1. The molecule has 0 radical (unpaired) electrons. The Bertz CT molecular complexity index is 1010. The van der Waals surface area contributed by atoms with Crippen LogP contribution in [-0.2, 0) is 6.54 Å². The fourth-order valence-electron chi connectivity index (χ4n) is 4.26. The SMILES string of the molecule is COc1ccc2ncn(CCCN3CCN(c4ccc5c(c4)OCCO5)CC3)c2c1. The maximum absolute atomic E-state index is 5.73. The normalized spacial score (nSPS) is 16.8. The third kappa shape index (κ3) is 3.89. The summed E-state index contributed by atoms with van der Waals surface area (Å²) in [6.45, 7) is 7.54. The quantitative estimate of drug-likeness (QED) is 0.625. The molecule has 0 aliphatic carbocycles. The van der Waals surface area contributed by atoms with Crippen LogP contribution < -0.4 is 19.1 Å². The molecule has 7 heteroatoms. The topological polar surface area (TPSA) is 52.0 Å². The van der Waals surface area contributed by atoms with E-state index in [9.17, 15) is 0 Å². The summed E-state index contributed by atoms with van der Waals surface area (Å²) in [5.41, 5.74) is 3.37. The van der Waals surface area contributed by atoms with Crippen LogP contribution in [0, 0.1) is 0 Å². The molecule has 158 valence electrons. The highest BCUT2D eigenvalue weighted by molar-refractivity contribution is 5.77. The van der Waals surface area contributed by atoms with E-state index in [1.165, 1.54) is 5.69 Å². The number of piperazine rings is 1. The number of benzene rings is 2. The van der Waals surface area contributed by atoms with Crippen molar-refractivity contribution in [2.45, 2.75) is 13.0 Å².